The standard InChI is InChI=1S/C21H24ClN3O3/c1-14-13-20(24-15(2)23-14)28-18-9-11-25(12-10-18)21(27)8-7-19(26)16-3-5-17(22)6-4-16/h3-6,13,18H,7-12H2,1-2H3. The number of hydrogen-bond acceptors (Lipinski definition) is 5. The number of Topliss-reactive ketones (excluding diaryl/α,β-unsaturated/α-hetero) is 1. The normalized spacial score (nSPS) is 14.8. The topological polar surface area (TPSA) is 72.4 Å². The zero-order chi connectivity index (χ0) is 20.1. The van der Waals surface area contributed by atoms with E-state index in [1.807, 2.05) is 24.8 Å². The highest BCUT2D eigenvalue weighted by Gasteiger charge is 2.24. The molecule has 28 heavy (non-hydrogen) atoms. The van der Waals surface area contributed by atoms with Gasteiger partial charge in [0, 0.05) is 61.1 Å². The number of piperidine rings is 1. The van der Waals surface area contributed by atoms with Crippen LogP contribution >= 0.6 is 11.6 Å². The molecule has 2 heterocycles. The molecule has 0 bridgehead atoms. The summed E-state index contributed by atoms with van der Waals surface area (Å²) in [4.78, 5) is 35.0. The Morgan fingerprint density at radius 3 is 2.43 bits per heavy atom. The van der Waals surface area contributed by atoms with Crippen molar-refractivity contribution in [2.24, 2.45) is 0 Å². The molecule has 0 N–H and O–H groups in total. The minimum absolute atomic E-state index is 0.00879. The number of benzene rings is 1. The molecule has 148 valence electrons. The molecule has 0 aliphatic carbocycles. The van der Waals surface area contributed by atoms with E-state index in [1.54, 1.807) is 24.3 Å². The molecule has 0 spiro atoms. The summed E-state index contributed by atoms with van der Waals surface area (Å²) in [5.74, 6) is 1.24. The van der Waals surface area contributed by atoms with E-state index in [9.17, 15) is 9.59 Å². The zero-order valence-corrected chi connectivity index (χ0v) is 16.9. The lowest BCUT2D eigenvalue weighted by Gasteiger charge is -2.32. The molecule has 0 unspecified atom stereocenters. The molecular weight excluding hydrogens is 378 g/mol. The smallest absolute Gasteiger partial charge is 0.223 e. The van der Waals surface area contributed by atoms with Crippen LogP contribution in [0.25, 0.3) is 0 Å². The molecule has 0 radical (unpaired) electrons. The third-order valence-corrected chi connectivity index (χ3v) is 5.01. The summed E-state index contributed by atoms with van der Waals surface area (Å²) in [5.41, 5.74) is 1.46. The molecular formula is C21H24ClN3O3. The number of halogens is 1. The average Bonchev–Trinajstić information content (AvgIpc) is 2.66. The molecule has 6 nitrogen and oxygen atoms in total. The highest BCUT2D eigenvalue weighted by molar-refractivity contribution is 6.30. The number of aryl methyl sites for hydroxylation is 2. The second-order valence-electron chi connectivity index (χ2n) is 7.02. The number of rotatable bonds is 6. The van der Waals surface area contributed by atoms with Crippen LogP contribution in [0.5, 0.6) is 5.88 Å². The van der Waals surface area contributed by atoms with E-state index in [0.717, 1.165) is 18.5 Å². The Labute approximate surface area is 169 Å². The van der Waals surface area contributed by atoms with Crippen LogP contribution in [0, 0.1) is 13.8 Å². The van der Waals surface area contributed by atoms with Crippen molar-refractivity contribution in [1.82, 2.24) is 14.9 Å². The lowest BCUT2D eigenvalue weighted by atomic mass is 10.0. The van der Waals surface area contributed by atoms with Crippen molar-refractivity contribution in [3.8, 4) is 5.88 Å². The first-order chi connectivity index (χ1) is 13.4. The number of carbonyl (C=O) groups is 2. The number of hydrogen-bond donors (Lipinski definition) is 0. The zero-order valence-electron chi connectivity index (χ0n) is 16.2. The van der Waals surface area contributed by atoms with Gasteiger partial charge in [0.05, 0.1) is 0 Å². The van der Waals surface area contributed by atoms with Gasteiger partial charge in [-0.1, -0.05) is 11.6 Å². The van der Waals surface area contributed by atoms with Gasteiger partial charge in [0.25, 0.3) is 0 Å². The summed E-state index contributed by atoms with van der Waals surface area (Å²) in [6.07, 6.45) is 1.96. The van der Waals surface area contributed by atoms with Gasteiger partial charge in [-0.3, -0.25) is 9.59 Å². The first-order valence-corrected chi connectivity index (χ1v) is 9.84. The van der Waals surface area contributed by atoms with E-state index >= 15 is 0 Å². The molecule has 1 aromatic carbocycles. The Balaban J connectivity index is 1.44. The molecule has 2 aromatic rings. The van der Waals surface area contributed by atoms with Crippen molar-refractivity contribution in [3.63, 3.8) is 0 Å². The molecule has 3 rings (SSSR count). The van der Waals surface area contributed by atoms with Gasteiger partial charge in [0.1, 0.15) is 11.9 Å². The molecule has 1 amide bonds. The molecule has 1 aliphatic heterocycles. The van der Waals surface area contributed by atoms with E-state index in [-0.39, 0.29) is 30.6 Å². The van der Waals surface area contributed by atoms with Crippen molar-refractivity contribution in [2.45, 2.75) is 45.6 Å². The first-order valence-electron chi connectivity index (χ1n) is 9.46. The minimum Gasteiger partial charge on any atom is -0.474 e. The van der Waals surface area contributed by atoms with Gasteiger partial charge in [-0.15, -0.1) is 0 Å². The maximum absolute atomic E-state index is 12.4. The molecule has 1 aromatic heterocycles. The first kappa shape index (κ1) is 20.3. The fourth-order valence-electron chi connectivity index (χ4n) is 3.30. The Bertz CT molecular complexity index is 826. The Hall–Kier alpha value is -2.47. The van der Waals surface area contributed by atoms with E-state index in [0.29, 0.717) is 35.4 Å². The Morgan fingerprint density at radius 2 is 1.79 bits per heavy atom. The van der Waals surface area contributed by atoms with Crippen LogP contribution < -0.4 is 4.74 Å². The van der Waals surface area contributed by atoms with Crippen molar-refractivity contribution in [3.05, 3.63) is 52.4 Å². The second-order valence-corrected chi connectivity index (χ2v) is 7.46. The van der Waals surface area contributed by atoms with Gasteiger partial charge in [0.15, 0.2) is 5.78 Å². The van der Waals surface area contributed by atoms with Gasteiger partial charge in [0.2, 0.25) is 11.8 Å². The van der Waals surface area contributed by atoms with Gasteiger partial charge in [-0.2, -0.15) is 4.98 Å². The largest absolute Gasteiger partial charge is 0.474 e. The molecule has 0 atom stereocenters. The number of ether oxygens (including phenoxy) is 1. The van der Waals surface area contributed by atoms with Crippen LogP contribution in [-0.2, 0) is 4.79 Å². The fourth-order valence-corrected chi connectivity index (χ4v) is 3.42. The Morgan fingerprint density at radius 1 is 1.11 bits per heavy atom. The molecule has 7 heteroatoms. The number of carbonyl (C=O) groups excluding carboxylic acids is 2. The van der Waals surface area contributed by atoms with Gasteiger partial charge >= 0.3 is 0 Å². The van der Waals surface area contributed by atoms with Gasteiger partial charge < -0.3 is 9.64 Å². The number of aromatic nitrogens is 2. The number of amides is 1. The SMILES string of the molecule is Cc1cc(OC2CCN(C(=O)CCC(=O)c3ccc(Cl)cc3)CC2)nc(C)n1. The second kappa shape index (κ2) is 9.15. The Kier molecular flexibility index (Phi) is 6.62. The summed E-state index contributed by atoms with van der Waals surface area (Å²) >= 11 is 5.83. The van der Waals surface area contributed by atoms with E-state index in [1.165, 1.54) is 0 Å². The highest BCUT2D eigenvalue weighted by Crippen LogP contribution is 2.19. The summed E-state index contributed by atoms with van der Waals surface area (Å²) in [6, 6.07) is 8.57. The average molecular weight is 402 g/mol. The number of nitrogens with zero attached hydrogens (tertiary/aromatic N) is 3. The van der Waals surface area contributed by atoms with Crippen LogP contribution in [0.1, 0.15) is 47.6 Å². The molecule has 1 aliphatic rings. The third kappa shape index (κ3) is 5.52. The number of ketones is 1. The number of likely N-dealkylation sites (tertiary alicyclic amines) is 1. The fraction of sp³-hybridized carbons (Fsp3) is 0.429. The quantitative estimate of drug-likeness (QED) is 0.689. The summed E-state index contributed by atoms with van der Waals surface area (Å²) in [6.45, 7) is 5.00. The predicted molar refractivity (Wildman–Crippen MR) is 107 cm³/mol. The van der Waals surface area contributed by atoms with Crippen molar-refractivity contribution >= 4 is 23.3 Å². The predicted octanol–water partition coefficient (Wildman–Crippen LogP) is 3.78. The van der Waals surface area contributed by atoms with Gasteiger partial charge in [-0.25, -0.2) is 4.98 Å². The summed E-state index contributed by atoms with van der Waals surface area (Å²) < 4.78 is 5.96. The van der Waals surface area contributed by atoms with Crippen molar-refractivity contribution in [1.29, 1.82) is 0 Å². The molecule has 1 saturated heterocycles. The van der Waals surface area contributed by atoms with Crippen molar-refractivity contribution < 1.29 is 14.3 Å². The van der Waals surface area contributed by atoms with E-state index in [4.69, 9.17) is 16.3 Å². The van der Waals surface area contributed by atoms with Crippen LogP contribution in [0.4, 0.5) is 0 Å². The summed E-state index contributed by atoms with van der Waals surface area (Å²) in [5, 5.41) is 0.588. The lowest BCUT2D eigenvalue weighted by molar-refractivity contribution is -0.132. The van der Waals surface area contributed by atoms with Crippen LogP contribution in [0.15, 0.2) is 30.3 Å². The van der Waals surface area contributed by atoms with E-state index in [2.05, 4.69) is 9.97 Å². The van der Waals surface area contributed by atoms with Gasteiger partial charge in [-0.05, 0) is 38.1 Å². The molecule has 1 fully saturated rings. The highest BCUT2D eigenvalue weighted by atomic mass is 35.5. The maximum Gasteiger partial charge on any atom is 0.223 e. The maximum atomic E-state index is 12.4. The van der Waals surface area contributed by atoms with Crippen LogP contribution in [0.3, 0.4) is 0 Å². The monoisotopic (exact) mass is 401 g/mol. The van der Waals surface area contributed by atoms with E-state index < -0.39 is 0 Å². The third-order valence-electron chi connectivity index (χ3n) is 4.76. The van der Waals surface area contributed by atoms with Crippen LogP contribution in [-0.4, -0.2) is 45.8 Å². The summed E-state index contributed by atoms with van der Waals surface area (Å²) in [7, 11) is 0. The van der Waals surface area contributed by atoms with Crippen LogP contribution in [0.2, 0.25) is 5.02 Å². The minimum atomic E-state index is -0.0438. The van der Waals surface area contributed by atoms with Crippen molar-refractivity contribution in [2.75, 3.05) is 13.1 Å². The lowest BCUT2D eigenvalue weighted by Crippen LogP contribution is -2.42. The molecule has 0 saturated carbocycles.